The van der Waals surface area contributed by atoms with E-state index in [1.807, 2.05) is 0 Å². The highest BCUT2D eigenvalue weighted by atomic mass is 14.9. The average molecular weight is 529 g/mol. The van der Waals surface area contributed by atoms with Gasteiger partial charge in [0.25, 0.3) is 0 Å². The normalized spacial score (nSPS) is 29.4. The molecule has 0 spiro atoms. The summed E-state index contributed by atoms with van der Waals surface area (Å²) < 4.78 is 0. The lowest BCUT2D eigenvalue weighted by atomic mass is 9.24. The summed E-state index contributed by atoms with van der Waals surface area (Å²) >= 11 is 0. The topological polar surface area (TPSA) is 0 Å². The molecular formula is C40H48. The van der Waals surface area contributed by atoms with Crippen LogP contribution in [0.5, 0.6) is 0 Å². The van der Waals surface area contributed by atoms with Gasteiger partial charge in [0.15, 0.2) is 0 Å². The third-order valence-corrected chi connectivity index (χ3v) is 15.0. The van der Waals surface area contributed by atoms with Crippen LogP contribution in [-0.4, -0.2) is 0 Å². The molecule has 0 unspecified atom stereocenters. The van der Waals surface area contributed by atoms with Crippen molar-refractivity contribution >= 4 is 21.5 Å². The van der Waals surface area contributed by atoms with E-state index in [0.717, 1.165) is 0 Å². The summed E-state index contributed by atoms with van der Waals surface area (Å²) in [7, 11) is 0. The monoisotopic (exact) mass is 528 g/mol. The second-order valence-electron chi connectivity index (χ2n) is 15.0. The van der Waals surface area contributed by atoms with Gasteiger partial charge in [-0.1, -0.05) is 27.7 Å². The Kier molecular flexibility index (Phi) is 4.53. The van der Waals surface area contributed by atoms with Gasteiger partial charge in [-0.25, -0.2) is 0 Å². The highest BCUT2D eigenvalue weighted by molar-refractivity contribution is 6.08. The van der Waals surface area contributed by atoms with E-state index in [0.29, 0.717) is 0 Å². The van der Waals surface area contributed by atoms with E-state index >= 15 is 0 Å². The van der Waals surface area contributed by atoms with Gasteiger partial charge in [0, 0.05) is 21.7 Å². The fourth-order valence-electron chi connectivity index (χ4n) is 11.9. The van der Waals surface area contributed by atoms with E-state index in [1.165, 1.54) is 77.5 Å². The van der Waals surface area contributed by atoms with Gasteiger partial charge in [-0.3, -0.25) is 0 Å². The summed E-state index contributed by atoms with van der Waals surface area (Å²) in [5.74, 6) is 0. The minimum Gasteiger partial charge on any atom is -0.0537 e. The van der Waals surface area contributed by atoms with Crippen molar-refractivity contribution in [2.75, 3.05) is 0 Å². The fraction of sp³-hybridized carbons (Fsp3) is 0.500. The molecule has 0 radical (unpaired) electrons. The first-order valence-electron chi connectivity index (χ1n) is 15.5. The molecule has 0 N–H and O–H groups in total. The smallest absolute Gasteiger partial charge is 0.0140 e. The number of rotatable bonds is 0. The highest BCUT2D eigenvalue weighted by Crippen LogP contribution is 2.86. The van der Waals surface area contributed by atoms with Crippen molar-refractivity contribution in [2.45, 2.75) is 132 Å². The van der Waals surface area contributed by atoms with Gasteiger partial charge in [-0.2, -0.15) is 0 Å². The minimum atomic E-state index is -0.0183. The maximum absolute atomic E-state index is 2.68. The standard InChI is InChI=1S/C40H48/c1-17-21(5)29-22(6)18(2)26(10)34-31(29)33(25(17)9)37(13)38(34,14)40(16)36-28(12)20(4)24(8)30-23(7)19(3)27(11)35(32(30)36)39(37,40)15/h1-16H3. The predicted molar refractivity (Wildman–Crippen MR) is 174 cm³/mol. The van der Waals surface area contributed by atoms with E-state index in [-0.39, 0.29) is 21.7 Å². The first-order valence-corrected chi connectivity index (χ1v) is 15.5. The molecule has 3 aliphatic carbocycles. The number of hydrogen-bond acceptors (Lipinski definition) is 0. The van der Waals surface area contributed by atoms with Gasteiger partial charge >= 0.3 is 0 Å². The van der Waals surface area contributed by atoms with Crippen molar-refractivity contribution in [1.29, 1.82) is 0 Å². The number of fused-ring (bicyclic) bond motifs is 8. The van der Waals surface area contributed by atoms with Gasteiger partial charge < -0.3 is 0 Å². The molecule has 40 heavy (non-hydrogen) atoms. The Hall–Kier alpha value is -2.60. The molecule has 7 rings (SSSR count). The van der Waals surface area contributed by atoms with E-state index in [9.17, 15) is 0 Å². The molecule has 1 fully saturated rings. The van der Waals surface area contributed by atoms with Crippen molar-refractivity contribution in [1.82, 2.24) is 0 Å². The Bertz CT molecular complexity index is 1670. The van der Waals surface area contributed by atoms with Gasteiger partial charge in [-0.15, -0.1) is 0 Å². The van der Waals surface area contributed by atoms with Crippen LogP contribution in [0.2, 0.25) is 0 Å². The molecule has 4 aromatic rings. The summed E-state index contributed by atoms with van der Waals surface area (Å²) in [5, 5.41) is 6.28. The van der Waals surface area contributed by atoms with E-state index < -0.39 is 0 Å². The molecular weight excluding hydrogens is 480 g/mol. The Balaban J connectivity index is 1.82. The Morgan fingerprint density at radius 1 is 0.225 bits per heavy atom. The summed E-state index contributed by atoms with van der Waals surface area (Å²) in [6.45, 7) is 39.5. The van der Waals surface area contributed by atoms with Crippen LogP contribution in [-0.2, 0) is 21.7 Å². The minimum absolute atomic E-state index is 0.0183. The van der Waals surface area contributed by atoms with Crippen LogP contribution in [0, 0.1) is 83.1 Å². The van der Waals surface area contributed by atoms with E-state index in [2.05, 4.69) is 111 Å². The summed E-state index contributed by atoms with van der Waals surface area (Å²) in [6.07, 6.45) is 0. The molecule has 4 aromatic carbocycles. The van der Waals surface area contributed by atoms with Crippen LogP contribution in [0.15, 0.2) is 0 Å². The van der Waals surface area contributed by atoms with Crippen LogP contribution in [0.3, 0.4) is 0 Å². The highest BCUT2D eigenvalue weighted by Gasteiger charge is 2.86. The van der Waals surface area contributed by atoms with Crippen molar-refractivity contribution in [2.24, 2.45) is 0 Å². The fourth-order valence-corrected chi connectivity index (χ4v) is 11.9. The van der Waals surface area contributed by atoms with Crippen molar-refractivity contribution in [3.8, 4) is 0 Å². The molecule has 0 heterocycles. The lowest BCUT2D eigenvalue weighted by Gasteiger charge is -2.77. The van der Waals surface area contributed by atoms with Crippen LogP contribution in [0.1, 0.15) is 117 Å². The second kappa shape index (κ2) is 6.88. The molecule has 0 heteroatoms. The number of benzene rings is 4. The lowest BCUT2D eigenvalue weighted by Crippen LogP contribution is -2.81. The molecule has 3 aliphatic rings. The van der Waals surface area contributed by atoms with Crippen molar-refractivity contribution in [3.63, 3.8) is 0 Å². The Morgan fingerprint density at radius 3 is 0.575 bits per heavy atom. The molecule has 0 aliphatic heterocycles. The van der Waals surface area contributed by atoms with Gasteiger partial charge in [0.2, 0.25) is 0 Å². The third-order valence-electron chi connectivity index (χ3n) is 15.0. The Morgan fingerprint density at radius 2 is 0.400 bits per heavy atom. The van der Waals surface area contributed by atoms with Crippen LogP contribution in [0.25, 0.3) is 21.5 Å². The summed E-state index contributed by atoms with van der Waals surface area (Å²) in [4.78, 5) is 0. The quantitative estimate of drug-likeness (QED) is 0.213. The number of hydrogen-bond donors (Lipinski definition) is 0. The zero-order valence-electron chi connectivity index (χ0n) is 28.0. The molecule has 0 nitrogen and oxygen atoms in total. The molecule has 0 bridgehead atoms. The maximum atomic E-state index is 2.68. The molecule has 0 aromatic heterocycles. The molecule has 0 amide bonds. The van der Waals surface area contributed by atoms with Crippen molar-refractivity contribution in [3.05, 3.63) is 89.0 Å². The van der Waals surface area contributed by atoms with Crippen molar-refractivity contribution < 1.29 is 0 Å². The number of aryl methyl sites for hydroxylation is 4. The van der Waals surface area contributed by atoms with Crippen LogP contribution in [0.4, 0.5) is 0 Å². The average Bonchev–Trinajstić information content (AvgIpc) is 3.23. The van der Waals surface area contributed by atoms with Crippen LogP contribution >= 0.6 is 0 Å². The third kappa shape index (κ3) is 1.98. The zero-order chi connectivity index (χ0) is 29.5. The lowest BCUT2D eigenvalue weighted by molar-refractivity contribution is -0.101. The van der Waals surface area contributed by atoms with E-state index in [4.69, 9.17) is 0 Å². The Labute approximate surface area is 242 Å². The summed E-state index contributed by atoms with van der Waals surface area (Å²) in [6, 6.07) is 0. The molecule has 0 saturated heterocycles. The largest absolute Gasteiger partial charge is 0.0537 e. The predicted octanol–water partition coefficient (Wildman–Crippen LogP) is 10.5. The zero-order valence-corrected chi connectivity index (χ0v) is 28.0. The SMILES string of the molecule is Cc1c(C)c2c3c(c(C)c(C)c(C)c3c1C)C1(C)C2(C)C2(C)c3c(C)c(C)c(C)c4c(C)c(C)c(C)c(c34)C12C. The summed E-state index contributed by atoms with van der Waals surface area (Å²) in [5.41, 5.74) is 24.5. The second-order valence-corrected chi connectivity index (χ2v) is 15.0. The van der Waals surface area contributed by atoms with Gasteiger partial charge in [0.05, 0.1) is 0 Å². The van der Waals surface area contributed by atoms with E-state index in [1.54, 1.807) is 33.0 Å². The maximum Gasteiger partial charge on any atom is 0.0140 e. The molecule has 0 atom stereocenters. The van der Waals surface area contributed by atoms with Gasteiger partial charge in [0.1, 0.15) is 0 Å². The van der Waals surface area contributed by atoms with Crippen LogP contribution < -0.4 is 0 Å². The first-order chi connectivity index (χ1) is 18.4. The molecule has 1 saturated carbocycles. The van der Waals surface area contributed by atoms with Gasteiger partial charge in [-0.05, 0) is 194 Å². The first kappa shape index (κ1) is 26.3. The molecule has 208 valence electrons.